The number of ether oxygens (including phenoxy) is 1. The van der Waals surface area contributed by atoms with Crippen LogP contribution in [0.3, 0.4) is 0 Å². The summed E-state index contributed by atoms with van der Waals surface area (Å²) in [7, 11) is 1.68. The van der Waals surface area contributed by atoms with E-state index in [1.54, 1.807) is 7.11 Å². The van der Waals surface area contributed by atoms with E-state index in [4.69, 9.17) is 9.72 Å². The molecule has 1 saturated carbocycles. The lowest BCUT2D eigenvalue weighted by Crippen LogP contribution is -2.33. The van der Waals surface area contributed by atoms with E-state index in [0.29, 0.717) is 18.4 Å². The van der Waals surface area contributed by atoms with Crippen molar-refractivity contribution in [1.82, 2.24) is 20.1 Å². The first kappa shape index (κ1) is 19.8. The Hall–Kier alpha value is -3.09. The molecular formula is C24H29N5O2. The van der Waals surface area contributed by atoms with Crippen LogP contribution in [-0.4, -0.2) is 46.2 Å². The molecule has 2 aromatic heterocycles. The van der Waals surface area contributed by atoms with Gasteiger partial charge in [0.1, 0.15) is 5.75 Å². The van der Waals surface area contributed by atoms with E-state index < -0.39 is 0 Å². The molecule has 5 rings (SSSR count). The van der Waals surface area contributed by atoms with Gasteiger partial charge in [-0.3, -0.25) is 9.89 Å². The Labute approximate surface area is 182 Å². The monoisotopic (exact) mass is 419 g/mol. The average molecular weight is 420 g/mol. The van der Waals surface area contributed by atoms with Gasteiger partial charge in [0.05, 0.1) is 12.5 Å². The van der Waals surface area contributed by atoms with Gasteiger partial charge in [-0.25, -0.2) is 4.98 Å². The zero-order chi connectivity index (χ0) is 21.2. The SMILES string of the molecule is COc1ccccc1CNc1n[nH]c2nc([C@H]3CCN(C(=O)C4CCCC4)C3)ccc12. The molecule has 1 saturated heterocycles. The van der Waals surface area contributed by atoms with Crippen molar-refractivity contribution >= 4 is 22.8 Å². The fourth-order valence-corrected chi connectivity index (χ4v) is 4.94. The minimum atomic E-state index is 0.249. The zero-order valence-corrected chi connectivity index (χ0v) is 17.9. The molecule has 0 radical (unpaired) electrons. The molecule has 3 aromatic rings. The molecular weight excluding hydrogens is 390 g/mol. The standard InChI is InChI=1S/C24H29N5O2/c1-31-21-9-5-4-8-17(21)14-25-22-19-10-11-20(26-23(19)28-27-22)18-12-13-29(15-18)24(30)16-6-2-3-7-16/h4-5,8-11,16,18H,2-3,6-7,12-15H2,1H3,(H2,25,26,27,28)/t18-/m0/s1. The van der Waals surface area contributed by atoms with Gasteiger partial charge in [0.2, 0.25) is 5.91 Å². The summed E-state index contributed by atoms with van der Waals surface area (Å²) in [6.45, 7) is 2.24. The second kappa shape index (κ2) is 8.57. The van der Waals surface area contributed by atoms with Crippen LogP contribution in [0.1, 0.15) is 49.3 Å². The lowest BCUT2D eigenvalue weighted by molar-refractivity contribution is -0.134. The highest BCUT2D eigenvalue weighted by atomic mass is 16.5. The molecule has 1 aromatic carbocycles. The van der Waals surface area contributed by atoms with Gasteiger partial charge < -0.3 is 15.0 Å². The molecule has 0 spiro atoms. The minimum absolute atomic E-state index is 0.249. The number of carbonyl (C=O) groups excluding carboxylic acids is 1. The summed E-state index contributed by atoms with van der Waals surface area (Å²) in [6, 6.07) is 12.1. The van der Waals surface area contributed by atoms with E-state index >= 15 is 0 Å². The van der Waals surface area contributed by atoms with Crippen LogP contribution in [0, 0.1) is 5.92 Å². The Balaban J connectivity index is 1.27. The first-order chi connectivity index (χ1) is 15.2. The van der Waals surface area contributed by atoms with Crippen LogP contribution in [0.5, 0.6) is 5.75 Å². The normalized spacial score (nSPS) is 19.3. The second-order valence-electron chi connectivity index (χ2n) is 8.62. The number of aromatic nitrogens is 3. The number of nitrogens with one attached hydrogen (secondary N) is 2. The van der Waals surface area contributed by atoms with Crippen molar-refractivity contribution in [2.24, 2.45) is 5.92 Å². The molecule has 0 unspecified atom stereocenters. The lowest BCUT2D eigenvalue weighted by Gasteiger charge is -2.20. The van der Waals surface area contributed by atoms with Gasteiger partial charge in [-0.1, -0.05) is 31.0 Å². The number of nitrogens with zero attached hydrogens (tertiary/aromatic N) is 3. The van der Waals surface area contributed by atoms with Crippen LogP contribution in [0.4, 0.5) is 5.82 Å². The number of pyridine rings is 1. The van der Waals surface area contributed by atoms with Crippen LogP contribution in [-0.2, 0) is 11.3 Å². The fourth-order valence-electron chi connectivity index (χ4n) is 4.94. The molecule has 1 aliphatic carbocycles. The Morgan fingerprint density at radius 2 is 2.03 bits per heavy atom. The topological polar surface area (TPSA) is 83.1 Å². The maximum atomic E-state index is 12.7. The fraction of sp³-hybridized carbons (Fsp3) is 0.458. The molecule has 31 heavy (non-hydrogen) atoms. The Morgan fingerprint density at radius 1 is 1.19 bits per heavy atom. The molecule has 7 heteroatoms. The number of H-pyrrole nitrogens is 1. The highest BCUT2D eigenvalue weighted by Gasteiger charge is 2.33. The van der Waals surface area contributed by atoms with Gasteiger partial charge in [-0.05, 0) is 37.5 Å². The molecule has 2 aliphatic rings. The van der Waals surface area contributed by atoms with E-state index in [0.717, 1.165) is 66.2 Å². The zero-order valence-electron chi connectivity index (χ0n) is 17.9. The summed E-state index contributed by atoms with van der Waals surface area (Å²) in [5.41, 5.74) is 2.89. The summed E-state index contributed by atoms with van der Waals surface area (Å²) in [5, 5.41) is 11.8. The quantitative estimate of drug-likeness (QED) is 0.629. The summed E-state index contributed by atoms with van der Waals surface area (Å²) >= 11 is 0. The van der Waals surface area contributed by atoms with E-state index in [9.17, 15) is 4.79 Å². The van der Waals surface area contributed by atoms with Gasteiger partial charge in [-0.15, -0.1) is 0 Å². The van der Waals surface area contributed by atoms with Crippen LogP contribution < -0.4 is 10.1 Å². The number of amides is 1. The Bertz CT molecular complexity index is 1070. The largest absolute Gasteiger partial charge is 0.496 e. The van der Waals surface area contributed by atoms with Crippen LogP contribution in [0.15, 0.2) is 36.4 Å². The number of likely N-dealkylation sites (tertiary alicyclic amines) is 1. The molecule has 3 heterocycles. The average Bonchev–Trinajstić information content (AvgIpc) is 3.58. The van der Waals surface area contributed by atoms with Crippen molar-refractivity contribution in [3.05, 3.63) is 47.7 Å². The minimum Gasteiger partial charge on any atom is -0.496 e. The van der Waals surface area contributed by atoms with E-state index in [-0.39, 0.29) is 5.92 Å². The van der Waals surface area contributed by atoms with Crippen LogP contribution >= 0.6 is 0 Å². The highest BCUT2D eigenvalue weighted by molar-refractivity contribution is 5.87. The number of carbonyl (C=O) groups is 1. The number of para-hydroxylation sites is 1. The van der Waals surface area contributed by atoms with Crippen molar-refractivity contribution in [2.75, 3.05) is 25.5 Å². The third-order valence-electron chi connectivity index (χ3n) is 6.71. The Kier molecular flexibility index (Phi) is 5.49. The molecule has 0 bridgehead atoms. The van der Waals surface area contributed by atoms with Gasteiger partial charge >= 0.3 is 0 Å². The Morgan fingerprint density at radius 3 is 2.87 bits per heavy atom. The molecule has 162 valence electrons. The first-order valence-electron chi connectivity index (χ1n) is 11.2. The number of hydrogen-bond donors (Lipinski definition) is 2. The molecule has 2 fully saturated rings. The van der Waals surface area contributed by atoms with Crippen molar-refractivity contribution in [1.29, 1.82) is 0 Å². The summed E-state index contributed by atoms with van der Waals surface area (Å²) in [5.74, 6) is 2.53. The molecule has 1 aliphatic heterocycles. The lowest BCUT2D eigenvalue weighted by atomic mass is 10.0. The van der Waals surface area contributed by atoms with E-state index in [2.05, 4.69) is 32.5 Å². The number of aromatic amines is 1. The smallest absolute Gasteiger partial charge is 0.225 e. The number of fused-ring (bicyclic) bond motifs is 1. The van der Waals surface area contributed by atoms with Gasteiger partial charge in [0, 0.05) is 42.7 Å². The second-order valence-corrected chi connectivity index (χ2v) is 8.62. The van der Waals surface area contributed by atoms with E-state index in [1.165, 1.54) is 12.8 Å². The highest BCUT2D eigenvalue weighted by Crippen LogP contribution is 2.32. The van der Waals surface area contributed by atoms with Crippen LogP contribution in [0.25, 0.3) is 11.0 Å². The van der Waals surface area contributed by atoms with Crippen molar-refractivity contribution in [3.8, 4) is 5.75 Å². The number of hydrogen-bond acceptors (Lipinski definition) is 5. The molecule has 1 amide bonds. The van der Waals surface area contributed by atoms with Gasteiger partial charge in [-0.2, -0.15) is 5.10 Å². The molecule has 7 nitrogen and oxygen atoms in total. The third kappa shape index (κ3) is 3.96. The third-order valence-corrected chi connectivity index (χ3v) is 6.71. The van der Waals surface area contributed by atoms with Gasteiger partial charge in [0.25, 0.3) is 0 Å². The number of benzene rings is 1. The van der Waals surface area contributed by atoms with Crippen molar-refractivity contribution < 1.29 is 9.53 Å². The van der Waals surface area contributed by atoms with Gasteiger partial charge in [0.15, 0.2) is 11.5 Å². The maximum Gasteiger partial charge on any atom is 0.225 e. The van der Waals surface area contributed by atoms with Crippen LogP contribution in [0.2, 0.25) is 0 Å². The van der Waals surface area contributed by atoms with Crippen molar-refractivity contribution in [2.45, 2.75) is 44.6 Å². The predicted molar refractivity (Wildman–Crippen MR) is 120 cm³/mol. The van der Waals surface area contributed by atoms with E-state index in [1.807, 2.05) is 24.3 Å². The predicted octanol–water partition coefficient (Wildman–Crippen LogP) is 4.08. The molecule has 2 N–H and O–H groups in total. The summed E-state index contributed by atoms with van der Waals surface area (Å²) < 4.78 is 5.42. The summed E-state index contributed by atoms with van der Waals surface area (Å²) in [6.07, 6.45) is 5.48. The maximum absolute atomic E-state index is 12.7. The van der Waals surface area contributed by atoms with Crippen molar-refractivity contribution in [3.63, 3.8) is 0 Å². The first-order valence-corrected chi connectivity index (χ1v) is 11.2. The molecule has 1 atom stereocenters. The number of anilines is 1. The summed E-state index contributed by atoms with van der Waals surface area (Å²) in [4.78, 5) is 19.6. The number of methoxy groups -OCH3 is 1. The number of rotatable bonds is 6.